The Morgan fingerprint density at radius 3 is 2.71 bits per heavy atom. The van der Waals surface area contributed by atoms with Crippen LogP contribution in [-0.2, 0) is 0 Å². The van der Waals surface area contributed by atoms with Crippen molar-refractivity contribution in [3.63, 3.8) is 0 Å². The molecule has 1 aromatic rings. The third-order valence-electron chi connectivity index (χ3n) is 2.65. The Labute approximate surface area is 107 Å². The van der Waals surface area contributed by atoms with Gasteiger partial charge in [-0.3, -0.25) is 0 Å². The summed E-state index contributed by atoms with van der Waals surface area (Å²) < 4.78 is 5.29. The Hall–Kier alpha value is -0.970. The number of nitrogens with one attached hydrogen (secondary N) is 1. The molecule has 5 heteroatoms. The van der Waals surface area contributed by atoms with E-state index in [9.17, 15) is 5.11 Å². The topological polar surface area (TPSA) is 67.5 Å². The summed E-state index contributed by atoms with van der Waals surface area (Å²) in [6.07, 6.45) is -0.584. The minimum Gasteiger partial charge on any atom is -0.495 e. The summed E-state index contributed by atoms with van der Waals surface area (Å²) in [5.74, 6) is 0.716. The van der Waals surface area contributed by atoms with Gasteiger partial charge in [0.2, 0.25) is 0 Å². The zero-order valence-corrected chi connectivity index (χ0v) is 11.1. The molecule has 4 nitrogen and oxygen atoms in total. The highest BCUT2D eigenvalue weighted by molar-refractivity contribution is 6.32. The largest absolute Gasteiger partial charge is 0.495 e. The average molecular weight is 259 g/mol. The number of ether oxygens (including phenoxy) is 1. The highest BCUT2D eigenvalue weighted by Gasteiger charge is 2.13. The van der Waals surface area contributed by atoms with Crippen molar-refractivity contribution < 1.29 is 9.84 Å². The zero-order chi connectivity index (χ0) is 13.0. The van der Waals surface area contributed by atoms with Crippen molar-refractivity contribution >= 4 is 17.3 Å². The molecule has 0 aliphatic rings. The van der Waals surface area contributed by atoms with E-state index in [0.717, 1.165) is 16.8 Å². The van der Waals surface area contributed by atoms with Crippen molar-refractivity contribution in [2.75, 3.05) is 25.5 Å². The Balaban J connectivity index is 3.00. The molecule has 0 aliphatic carbocycles. The molecule has 17 heavy (non-hydrogen) atoms. The number of aryl methyl sites for hydroxylation is 1. The molecule has 1 aromatic carbocycles. The molecule has 1 atom stereocenters. The van der Waals surface area contributed by atoms with Gasteiger partial charge in [0.05, 0.1) is 18.9 Å². The Morgan fingerprint density at radius 2 is 2.18 bits per heavy atom. The maximum absolute atomic E-state index is 9.44. The number of anilines is 1. The Bertz CT molecular complexity index is 397. The van der Waals surface area contributed by atoms with Crippen molar-refractivity contribution in [3.8, 4) is 5.75 Å². The normalized spacial score (nSPS) is 12.4. The molecule has 1 rings (SSSR count). The molecule has 0 aromatic heterocycles. The van der Waals surface area contributed by atoms with Gasteiger partial charge in [0, 0.05) is 18.1 Å². The van der Waals surface area contributed by atoms with Crippen molar-refractivity contribution in [3.05, 3.63) is 22.2 Å². The van der Waals surface area contributed by atoms with Gasteiger partial charge in [0.15, 0.2) is 0 Å². The summed E-state index contributed by atoms with van der Waals surface area (Å²) in [5.41, 5.74) is 8.03. The zero-order valence-electron chi connectivity index (χ0n) is 10.4. The van der Waals surface area contributed by atoms with E-state index in [-0.39, 0.29) is 6.54 Å². The maximum atomic E-state index is 9.44. The van der Waals surface area contributed by atoms with Gasteiger partial charge in [-0.25, -0.2) is 0 Å². The van der Waals surface area contributed by atoms with E-state index in [2.05, 4.69) is 5.32 Å². The van der Waals surface area contributed by atoms with Crippen LogP contribution in [-0.4, -0.2) is 31.4 Å². The first kappa shape index (κ1) is 14.1. The van der Waals surface area contributed by atoms with Crippen LogP contribution in [0.2, 0.25) is 5.02 Å². The van der Waals surface area contributed by atoms with Crippen molar-refractivity contribution in [2.24, 2.45) is 5.73 Å². The second-order valence-corrected chi connectivity index (χ2v) is 4.36. The van der Waals surface area contributed by atoms with Crippen LogP contribution < -0.4 is 15.8 Å². The molecule has 4 N–H and O–H groups in total. The molecule has 96 valence electrons. The lowest BCUT2D eigenvalue weighted by molar-refractivity contribution is 0.196. The summed E-state index contributed by atoms with van der Waals surface area (Å²) in [4.78, 5) is 0. The van der Waals surface area contributed by atoms with Crippen LogP contribution in [0.3, 0.4) is 0 Å². The van der Waals surface area contributed by atoms with Crippen LogP contribution in [0.5, 0.6) is 5.75 Å². The van der Waals surface area contributed by atoms with E-state index in [1.807, 2.05) is 19.9 Å². The van der Waals surface area contributed by atoms with Crippen LogP contribution in [0.25, 0.3) is 0 Å². The first-order valence-corrected chi connectivity index (χ1v) is 5.84. The lowest BCUT2D eigenvalue weighted by Gasteiger charge is -2.18. The van der Waals surface area contributed by atoms with Crippen LogP contribution >= 0.6 is 11.6 Å². The second-order valence-electron chi connectivity index (χ2n) is 3.98. The lowest BCUT2D eigenvalue weighted by atomic mass is 10.1. The van der Waals surface area contributed by atoms with Crippen LogP contribution in [0.4, 0.5) is 5.69 Å². The molecule has 1 unspecified atom stereocenters. The van der Waals surface area contributed by atoms with E-state index in [1.54, 1.807) is 7.11 Å². The second kappa shape index (κ2) is 6.10. The fourth-order valence-corrected chi connectivity index (χ4v) is 1.76. The van der Waals surface area contributed by atoms with Gasteiger partial charge in [-0.1, -0.05) is 11.6 Å². The molecule has 0 spiro atoms. The van der Waals surface area contributed by atoms with Gasteiger partial charge in [-0.15, -0.1) is 0 Å². The summed E-state index contributed by atoms with van der Waals surface area (Å²) in [6, 6.07) is 1.87. The number of aliphatic hydroxyl groups excluding tert-OH is 1. The summed E-state index contributed by atoms with van der Waals surface area (Å²) in [6.45, 7) is 4.42. The van der Waals surface area contributed by atoms with Gasteiger partial charge in [-0.2, -0.15) is 0 Å². The molecule has 0 saturated carbocycles. The number of nitrogens with two attached hydrogens (primary N) is 1. The molecule has 0 amide bonds. The third kappa shape index (κ3) is 3.25. The number of methoxy groups -OCH3 is 1. The van der Waals surface area contributed by atoms with E-state index in [0.29, 0.717) is 17.3 Å². The SMILES string of the molecule is COc1cc(C)c(Cl)c(C)c1NCC(O)CN. The van der Waals surface area contributed by atoms with Gasteiger partial charge < -0.3 is 20.9 Å². The predicted molar refractivity (Wildman–Crippen MR) is 71.0 cm³/mol. The molecular weight excluding hydrogens is 240 g/mol. The smallest absolute Gasteiger partial charge is 0.142 e. The van der Waals surface area contributed by atoms with Gasteiger partial charge >= 0.3 is 0 Å². The molecule has 0 bridgehead atoms. The number of hydrogen-bond donors (Lipinski definition) is 3. The number of hydrogen-bond acceptors (Lipinski definition) is 4. The fraction of sp³-hybridized carbons (Fsp3) is 0.500. The van der Waals surface area contributed by atoms with Crippen molar-refractivity contribution in [1.82, 2.24) is 0 Å². The Kier molecular flexibility index (Phi) is 5.05. The minimum absolute atomic E-state index is 0.216. The molecule has 0 fully saturated rings. The van der Waals surface area contributed by atoms with E-state index >= 15 is 0 Å². The molecule has 0 saturated heterocycles. The average Bonchev–Trinajstić information content (AvgIpc) is 2.33. The van der Waals surface area contributed by atoms with E-state index in [1.165, 1.54) is 0 Å². The summed E-state index contributed by atoms with van der Waals surface area (Å²) >= 11 is 6.18. The monoisotopic (exact) mass is 258 g/mol. The molecule has 0 heterocycles. The first-order valence-electron chi connectivity index (χ1n) is 5.47. The summed E-state index contributed by atoms with van der Waals surface area (Å²) in [7, 11) is 1.60. The van der Waals surface area contributed by atoms with Crippen molar-refractivity contribution in [1.29, 1.82) is 0 Å². The van der Waals surface area contributed by atoms with E-state index < -0.39 is 6.10 Å². The predicted octanol–water partition coefficient (Wildman–Crippen LogP) is 1.70. The standard InChI is InChI=1S/C12H19ClN2O2/c1-7-4-10(17-3)12(8(2)11(7)13)15-6-9(16)5-14/h4,9,15-16H,5-6,14H2,1-3H3. The van der Waals surface area contributed by atoms with Crippen LogP contribution in [0.1, 0.15) is 11.1 Å². The molecule has 0 radical (unpaired) electrons. The van der Waals surface area contributed by atoms with Crippen LogP contribution in [0.15, 0.2) is 6.07 Å². The van der Waals surface area contributed by atoms with E-state index in [4.69, 9.17) is 22.1 Å². The van der Waals surface area contributed by atoms with Gasteiger partial charge in [0.25, 0.3) is 0 Å². The number of benzene rings is 1. The van der Waals surface area contributed by atoms with Crippen LogP contribution in [0, 0.1) is 13.8 Å². The minimum atomic E-state index is -0.584. The number of halogens is 1. The Morgan fingerprint density at radius 1 is 1.53 bits per heavy atom. The van der Waals surface area contributed by atoms with Gasteiger partial charge in [0.1, 0.15) is 5.75 Å². The molecule has 0 aliphatic heterocycles. The van der Waals surface area contributed by atoms with Gasteiger partial charge in [-0.05, 0) is 31.0 Å². The number of rotatable bonds is 5. The first-order chi connectivity index (χ1) is 8.01. The highest BCUT2D eigenvalue weighted by atomic mass is 35.5. The quantitative estimate of drug-likeness (QED) is 0.752. The third-order valence-corrected chi connectivity index (χ3v) is 3.23. The highest BCUT2D eigenvalue weighted by Crippen LogP contribution is 2.35. The fourth-order valence-electron chi connectivity index (χ4n) is 1.61. The summed E-state index contributed by atoms with van der Waals surface area (Å²) in [5, 5.41) is 13.3. The maximum Gasteiger partial charge on any atom is 0.142 e. The van der Waals surface area contributed by atoms with Crippen molar-refractivity contribution in [2.45, 2.75) is 20.0 Å². The lowest BCUT2D eigenvalue weighted by Crippen LogP contribution is -2.28. The number of aliphatic hydroxyl groups is 1. The molecular formula is C12H19ClN2O2.